The van der Waals surface area contributed by atoms with Crippen LogP contribution >= 0.6 is 0 Å². The Labute approximate surface area is 181 Å². The van der Waals surface area contributed by atoms with Crippen LogP contribution in [0.2, 0.25) is 0 Å². The lowest BCUT2D eigenvalue weighted by Gasteiger charge is -2.35. The van der Waals surface area contributed by atoms with Gasteiger partial charge in [-0.25, -0.2) is 4.68 Å². The average Bonchev–Trinajstić information content (AvgIpc) is 3.22. The second-order valence-electron chi connectivity index (χ2n) is 7.83. The van der Waals surface area contributed by atoms with Gasteiger partial charge in [0.05, 0.1) is 7.11 Å². The van der Waals surface area contributed by atoms with Gasteiger partial charge < -0.3 is 10.1 Å². The Balaban J connectivity index is 1.58. The minimum Gasteiger partial charge on any atom is -0.497 e. The molecular weight excluding hydrogens is 421 g/mol. The van der Waals surface area contributed by atoms with Gasteiger partial charge in [-0.05, 0) is 35.6 Å². The van der Waals surface area contributed by atoms with E-state index in [0.717, 1.165) is 5.56 Å². The van der Waals surface area contributed by atoms with Crippen LogP contribution in [-0.2, 0) is 11.0 Å². The molecule has 32 heavy (non-hydrogen) atoms. The van der Waals surface area contributed by atoms with Gasteiger partial charge in [0.15, 0.2) is 5.78 Å². The number of Topliss-reactive ketones (excluding diaryl/α,β-unsaturated/α-hetero) is 1. The first-order valence-electron chi connectivity index (χ1n) is 10.1. The van der Waals surface area contributed by atoms with Crippen LogP contribution in [0.25, 0.3) is 0 Å². The minimum atomic E-state index is -4.69. The van der Waals surface area contributed by atoms with Crippen molar-refractivity contribution in [1.82, 2.24) is 14.8 Å². The summed E-state index contributed by atoms with van der Waals surface area (Å²) in [7, 11) is 1.58. The number of ether oxygens (including phenoxy) is 1. The predicted molar refractivity (Wildman–Crippen MR) is 110 cm³/mol. The quantitative estimate of drug-likeness (QED) is 0.638. The highest BCUT2D eigenvalue weighted by Crippen LogP contribution is 2.44. The van der Waals surface area contributed by atoms with Crippen LogP contribution in [0, 0.1) is 0 Å². The Morgan fingerprint density at radius 2 is 1.75 bits per heavy atom. The lowest BCUT2D eigenvalue weighted by Crippen LogP contribution is -2.33. The highest BCUT2D eigenvalue weighted by molar-refractivity contribution is 6.00. The van der Waals surface area contributed by atoms with Crippen molar-refractivity contribution in [3.8, 4) is 5.75 Å². The zero-order valence-electron chi connectivity index (χ0n) is 17.1. The zero-order chi connectivity index (χ0) is 22.5. The van der Waals surface area contributed by atoms with Gasteiger partial charge in [-0.15, -0.1) is 5.10 Å². The molecule has 164 valence electrons. The molecule has 6 nitrogen and oxygen atoms in total. The first kappa shape index (κ1) is 20.3. The van der Waals surface area contributed by atoms with E-state index in [1.54, 1.807) is 31.4 Å². The second-order valence-corrected chi connectivity index (χ2v) is 7.83. The van der Waals surface area contributed by atoms with Crippen LogP contribution in [0.4, 0.5) is 19.1 Å². The van der Waals surface area contributed by atoms with E-state index >= 15 is 0 Å². The van der Waals surface area contributed by atoms with E-state index in [2.05, 4.69) is 15.4 Å². The molecule has 2 atom stereocenters. The van der Waals surface area contributed by atoms with E-state index in [9.17, 15) is 18.0 Å². The van der Waals surface area contributed by atoms with Gasteiger partial charge in [0.1, 0.15) is 11.8 Å². The predicted octanol–water partition coefficient (Wildman–Crippen LogP) is 4.72. The van der Waals surface area contributed by atoms with Crippen LogP contribution in [0.15, 0.2) is 65.9 Å². The van der Waals surface area contributed by atoms with E-state index < -0.39 is 18.0 Å². The summed E-state index contributed by atoms with van der Waals surface area (Å²) in [5.74, 6) is -0.771. The third kappa shape index (κ3) is 3.43. The first-order chi connectivity index (χ1) is 15.3. The number of methoxy groups -OCH3 is 1. The number of rotatable bonds is 3. The van der Waals surface area contributed by atoms with Crippen molar-refractivity contribution in [3.05, 3.63) is 82.8 Å². The third-order valence-electron chi connectivity index (χ3n) is 5.88. The second kappa shape index (κ2) is 7.51. The van der Waals surface area contributed by atoms with Crippen LogP contribution in [-0.4, -0.2) is 27.7 Å². The monoisotopic (exact) mass is 440 g/mol. The topological polar surface area (TPSA) is 69.0 Å². The van der Waals surface area contributed by atoms with Gasteiger partial charge in [-0.2, -0.15) is 18.2 Å². The number of halogens is 3. The summed E-state index contributed by atoms with van der Waals surface area (Å²) in [6.07, 6.45) is -3.96. The SMILES string of the molecule is COc1ccc([C@@H]2CC(=O)C3=C(C2)Nc2nc(C(F)(F)F)nn2[C@H]3c2ccccc2)cc1. The zero-order valence-corrected chi connectivity index (χ0v) is 17.1. The molecule has 0 fully saturated rings. The van der Waals surface area contributed by atoms with Crippen molar-refractivity contribution < 1.29 is 22.7 Å². The van der Waals surface area contributed by atoms with Crippen LogP contribution in [0.5, 0.6) is 5.75 Å². The largest absolute Gasteiger partial charge is 0.497 e. The number of carbonyl (C=O) groups excluding carboxylic acids is 1. The number of benzene rings is 2. The third-order valence-corrected chi connectivity index (χ3v) is 5.88. The smallest absolute Gasteiger partial charge is 0.453 e. The molecule has 2 aliphatic rings. The average molecular weight is 440 g/mol. The summed E-state index contributed by atoms with van der Waals surface area (Å²) < 4.78 is 46.4. The molecule has 5 rings (SSSR count). The standard InChI is InChI=1S/C23H19F3N4O2/c1-32-16-9-7-13(8-10-16)15-11-17-19(18(31)12-15)20(14-5-3-2-4-6-14)30-22(27-17)28-21(29-30)23(24,25)26/h2-10,15,20H,11-12H2,1H3,(H,27,28,29)/t15-,20-/m0/s1. The van der Waals surface area contributed by atoms with Crippen molar-refractivity contribution in [2.45, 2.75) is 31.0 Å². The van der Waals surface area contributed by atoms with Gasteiger partial charge in [-0.3, -0.25) is 4.79 Å². The van der Waals surface area contributed by atoms with Gasteiger partial charge in [0.25, 0.3) is 5.82 Å². The van der Waals surface area contributed by atoms with E-state index in [-0.39, 0.29) is 24.1 Å². The fourth-order valence-electron chi connectivity index (χ4n) is 4.39. The number of hydrogen-bond donors (Lipinski definition) is 1. The number of anilines is 1. The van der Waals surface area contributed by atoms with Crippen LogP contribution in [0.3, 0.4) is 0 Å². The maximum atomic E-state index is 13.3. The fraction of sp³-hybridized carbons (Fsp3) is 0.261. The van der Waals surface area contributed by atoms with Crippen molar-refractivity contribution in [2.24, 2.45) is 0 Å². The van der Waals surface area contributed by atoms with Crippen molar-refractivity contribution in [3.63, 3.8) is 0 Å². The van der Waals surface area contributed by atoms with E-state index in [1.165, 1.54) is 4.68 Å². The maximum Gasteiger partial charge on any atom is 0.453 e. The molecule has 1 aromatic heterocycles. The number of carbonyl (C=O) groups is 1. The van der Waals surface area contributed by atoms with E-state index in [4.69, 9.17) is 4.74 Å². The molecule has 0 saturated heterocycles. The van der Waals surface area contributed by atoms with Crippen LogP contribution < -0.4 is 10.1 Å². The van der Waals surface area contributed by atoms with E-state index in [0.29, 0.717) is 29.0 Å². The van der Waals surface area contributed by atoms with Crippen molar-refractivity contribution in [1.29, 1.82) is 0 Å². The molecule has 1 aliphatic carbocycles. The van der Waals surface area contributed by atoms with Crippen LogP contribution in [0.1, 0.15) is 41.8 Å². The number of nitrogens with one attached hydrogen (secondary N) is 1. The fourth-order valence-corrected chi connectivity index (χ4v) is 4.39. The number of allylic oxidation sites excluding steroid dienone is 2. The lowest BCUT2D eigenvalue weighted by molar-refractivity contribution is -0.145. The first-order valence-corrected chi connectivity index (χ1v) is 10.1. The number of ketones is 1. The number of alkyl halides is 3. The molecule has 0 spiro atoms. The molecule has 2 heterocycles. The minimum absolute atomic E-state index is 0.0203. The molecule has 9 heteroatoms. The normalized spacial score (nSPS) is 20.4. The van der Waals surface area contributed by atoms with Gasteiger partial charge in [0, 0.05) is 17.7 Å². The summed E-state index contributed by atoms with van der Waals surface area (Å²) in [5.41, 5.74) is 2.67. The highest BCUT2D eigenvalue weighted by atomic mass is 19.4. The summed E-state index contributed by atoms with van der Waals surface area (Å²) in [6, 6.07) is 15.6. The number of fused-ring (bicyclic) bond motifs is 1. The molecule has 1 N–H and O–H groups in total. The molecule has 2 aromatic carbocycles. The molecule has 0 saturated carbocycles. The Morgan fingerprint density at radius 1 is 1.03 bits per heavy atom. The molecule has 3 aromatic rings. The molecule has 1 aliphatic heterocycles. The lowest BCUT2D eigenvalue weighted by atomic mass is 9.78. The van der Waals surface area contributed by atoms with Crippen molar-refractivity contribution >= 4 is 11.7 Å². The molecule has 0 radical (unpaired) electrons. The Hall–Kier alpha value is -3.62. The Bertz CT molecular complexity index is 1200. The molecular formula is C23H19F3N4O2. The van der Waals surface area contributed by atoms with Gasteiger partial charge in [-0.1, -0.05) is 42.5 Å². The summed E-state index contributed by atoms with van der Waals surface area (Å²) in [4.78, 5) is 17.0. The Kier molecular flexibility index (Phi) is 4.76. The summed E-state index contributed by atoms with van der Waals surface area (Å²) >= 11 is 0. The molecule has 0 amide bonds. The number of aromatic nitrogens is 3. The van der Waals surface area contributed by atoms with Crippen molar-refractivity contribution in [2.75, 3.05) is 12.4 Å². The molecule has 0 unspecified atom stereocenters. The maximum absolute atomic E-state index is 13.3. The van der Waals surface area contributed by atoms with E-state index in [1.807, 2.05) is 30.3 Å². The number of nitrogens with zero attached hydrogens (tertiary/aromatic N) is 3. The highest BCUT2D eigenvalue weighted by Gasteiger charge is 2.43. The molecule has 0 bridgehead atoms. The van der Waals surface area contributed by atoms with Gasteiger partial charge in [0.2, 0.25) is 5.95 Å². The summed E-state index contributed by atoms with van der Waals surface area (Å²) in [5, 5.41) is 6.69. The Morgan fingerprint density at radius 3 is 2.41 bits per heavy atom. The van der Waals surface area contributed by atoms with Gasteiger partial charge >= 0.3 is 6.18 Å². The number of hydrogen-bond acceptors (Lipinski definition) is 5. The summed E-state index contributed by atoms with van der Waals surface area (Å²) in [6.45, 7) is 0.